The fourth-order valence-corrected chi connectivity index (χ4v) is 4.46. The topological polar surface area (TPSA) is 57.8 Å². The van der Waals surface area contributed by atoms with Gasteiger partial charge in [-0.05, 0) is 12.8 Å². The molecule has 5 nitrogen and oxygen atoms in total. The van der Waals surface area contributed by atoms with Gasteiger partial charge in [-0.25, -0.2) is 4.98 Å². The standard InChI is InChI=1S/C14H23N5S2.HI/c15-13(18-7-9-20-10-8-18)16-4-3-12-11-21-14(17-12)19-5-1-2-6-19;/h11H,1-10H2,(H2,15,16);1H. The zero-order chi connectivity index (χ0) is 14.5. The number of rotatable bonds is 4. The van der Waals surface area contributed by atoms with Crippen molar-refractivity contribution in [3.8, 4) is 0 Å². The molecule has 2 aliphatic heterocycles. The number of thioether (sulfide) groups is 1. The fourth-order valence-electron chi connectivity index (χ4n) is 2.64. The second-order valence-corrected chi connectivity index (χ2v) is 7.47. The molecule has 2 fully saturated rings. The molecule has 1 aromatic heterocycles. The van der Waals surface area contributed by atoms with Crippen LogP contribution in [0.15, 0.2) is 10.4 Å². The van der Waals surface area contributed by atoms with Gasteiger partial charge in [0.25, 0.3) is 0 Å². The average Bonchev–Trinajstić information content (AvgIpc) is 3.19. The van der Waals surface area contributed by atoms with Crippen LogP contribution in [-0.4, -0.2) is 60.1 Å². The van der Waals surface area contributed by atoms with E-state index in [0.29, 0.717) is 5.96 Å². The lowest BCUT2D eigenvalue weighted by atomic mass is 10.3. The van der Waals surface area contributed by atoms with Crippen LogP contribution >= 0.6 is 47.1 Å². The van der Waals surface area contributed by atoms with E-state index in [1.54, 1.807) is 11.3 Å². The number of aromatic nitrogens is 1. The lowest BCUT2D eigenvalue weighted by Gasteiger charge is -2.27. The number of nitrogens with zero attached hydrogens (tertiary/aromatic N) is 4. The molecule has 0 atom stereocenters. The summed E-state index contributed by atoms with van der Waals surface area (Å²) in [5.41, 5.74) is 7.20. The van der Waals surface area contributed by atoms with Crippen LogP contribution in [0.25, 0.3) is 0 Å². The quantitative estimate of drug-likeness (QED) is 0.431. The molecule has 0 aliphatic carbocycles. The summed E-state index contributed by atoms with van der Waals surface area (Å²) in [5, 5.41) is 3.34. The smallest absolute Gasteiger partial charge is 0.191 e. The van der Waals surface area contributed by atoms with Gasteiger partial charge in [0.15, 0.2) is 11.1 Å². The number of guanidine groups is 1. The van der Waals surface area contributed by atoms with Crippen molar-refractivity contribution in [1.29, 1.82) is 0 Å². The highest BCUT2D eigenvalue weighted by atomic mass is 127. The fraction of sp³-hybridized carbons (Fsp3) is 0.714. The maximum atomic E-state index is 6.06. The summed E-state index contributed by atoms with van der Waals surface area (Å²) in [7, 11) is 0. The van der Waals surface area contributed by atoms with Gasteiger partial charge in [0, 0.05) is 56.0 Å². The van der Waals surface area contributed by atoms with Gasteiger partial charge >= 0.3 is 0 Å². The molecule has 1 aromatic rings. The normalized spacial score (nSPS) is 19.4. The van der Waals surface area contributed by atoms with Crippen LogP contribution in [0.5, 0.6) is 0 Å². The van der Waals surface area contributed by atoms with Gasteiger partial charge in [0.2, 0.25) is 0 Å². The first-order valence-corrected chi connectivity index (χ1v) is 9.68. The molecule has 8 heteroatoms. The Morgan fingerprint density at radius 2 is 1.95 bits per heavy atom. The number of anilines is 1. The Labute approximate surface area is 157 Å². The zero-order valence-electron chi connectivity index (χ0n) is 12.7. The lowest BCUT2D eigenvalue weighted by molar-refractivity contribution is 0.456. The summed E-state index contributed by atoms with van der Waals surface area (Å²) in [6.07, 6.45) is 3.47. The molecule has 3 rings (SSSR count). The lowest BCUT2D eigenvalue weighted by Crippen LogP contribution is -2.42. The zero-order valence-corrected chi connectivity index (χ0v) is 16.7. The summed E-state index contributed by atoms with van der Waals surface area (Å²) in [5.74, 6) is 3.01. The highest BCUT2D eigenvalue weighted by Crippen LogP contribution is 2.24. The highest BCUT2D eigenvalue weighted by molar-refractivity contribution is 14.0. The van der Waals surface area contributed by atoms with Crippen molar-refractivity contribution in [2.24, 2.45) is 10.7 Å². The first-order valence-electron chi connectivity index (χ1n) is 7.65. The van der Waals surface area contributed by atoms with E-state index in [0.717, 1.165) is 56.3 Å². The molecule has 2 saturated heterocycles. The summed E-state index contributed by atoms with van der Waals surface area (Å²) >= 11 is 3.74. The predicted octanol–water partition coefficient (Wildman–Crippen LogP) is 2.27. The van der Waals surface area contributed by atoms with Crippen LogP contribution in [0.4, 0.5) is 5.13 Å². The minimum atomic E-state index is 0. The average molecular weight is 453 g/mol. The Bertz CT molecular complexity index is 481. The third kappa shape index (κ3) is 4.89. The Kier molecular flexibility index (Phi) is 7.55. The van der Waals surface area contributed by atoms with Crippen LogP contribution in [-0.2, 0) is 6.42 Å². The van der Waals surface area contributed by atoms with E-state index in [1.165, 1.54) is 18.0 Å². The SMILES string of the molecule is I.NC(=NCCc1csc(N2CCCC2)n1)N1CCSCC1. The maximum absolute atomic E-state index is 6.06. The Balaban J connectivity index is 0.00000176. The molecule has 0 bridgehead atoms. The number of aliphatic imine (C=N–C) groups is 1. The number of hydrogen-bond donors (Lipinski definition) is 1. The molecule has 0 unspecified atom stereocenters. The van der Waals surface area contributed by atoms with Crippen molar-refractivity contribution >= 4 is 58.2 Å². The number of nitrogens with two attached hydrogens (primary N) is 1. The van der Waals surface area contributed by atoms with Crippen LogP contribution in [0.1, 0.15) is 18.5 Å². The molecule has 0 saturated carbocycles. The second kappa shape index (κ2) is 9.17. The molecule has 0 spiro atoms. The van der Waals surface area contributed by atoms with Gasteiger partial charge < -0.3 is 15.5 Å². The molecule has 0 radical (unpaired) electrons. The summed E-state index contributed by atoms with van der Waals surface area (Å²) in [4.78, 5) is 13.8. The second-order valence-electron chi connectivity index (χ2n) is 5.40. The summed E-state index contributed by atoms with van der Waals surface area (Å²) in [6.45, 7) is 5.10. The first-order chi connectivity index (χ1) is 10.3. The molecular weight excluding hydrogens is 429 g/mol. The van der Waals surface area contributed by atoms with E-state index >= 15 is 0 Å². The third-order valence-corrected chi connectivity index (χ3v) is 5.79. The van der Waals surface area contributed by atoms with Gasteiger partial charge in [-0.15, -0.1) is 35.3 Å². The van der Waals surface area contributed by atoms with Gasteiger partial charge in [0.1, 0.15) is 0 Å². The van der Waals surface area contributed by atoms with Crippen molar-refractivity contribution in [3.05, 3.63) is 11.1 Å². The van der Waals surface area contributed by atoms with E-state index in [-0.39, 0.29) is 24.0 Å². The van der Waals surface area contributed by atoms with Crippen molar-refractivity contribution in [1.82, 2.24) is 9.88 Å². The Morgan fingerprint density at radius 1 is 1.23 bits per heavy atom. The predicted molar refractivity (Wildman–Crippen MR) is 108 cm³/mol. The summed E-state index contributed by atoms with van der Waals surface area (Å²) in [6, 6.07) is 0. The molecule has 2 N–H and O–H groups in total. The third-order valence-electron chi connectivity index (χ3n) is 3.89. The Morgan fingerprint density at radius 3 is 2.68 bits per heavy atom. The number of thiazole rings is 1. The highest BCUT2D eigenvalue weighted by Gasteiger charge is 2.15. The van der Waals surface area contributed by atoms with Gasteiger partial charge in [0.05, 0.1) is 5.69 Å². The molecular formula is C14H24IN5S2. The van der Waals surface area contributed by atoms with Crippen molar-refractivity contribution in [2.45, 2.75) is 19.3 Å². The molecule has 124 valence electrons. The molecule has 0 aromatic carbocycles. The number of halogens is 1. The van der Waals surface area contributed by atoms with Gasteiger partial charge in [-0.1, -0.05) is 0 Å². The Hall–Kier alpha value is -0.220. The summed E-state index contributed by atoms with van der Waals surface area (Å²) < 4.78 is 0. The molecule has 3 heterocycles. The van der Waals surface area contributed by atoms with Gasteiger partial charge in [-0.2, -0.15) is 11.8 Å². The molecule has 0 amide bonds. The molecule has 2 aliphatic rings. The van der Waals surface area contributed by atoms with E-state index in [4.69, 9.17) is 10.7 Å². The monoisotopic (exact) mass is 453 g/mol. The van der Waals surface area contributed by atoms with E-state index in [2.05, 4.69) is 20.2 Å². The van der Waals surface area contributed by atoms with Crippen LogP contribution < -0.4 is 10.6 Å². The van der Waals surface area contributed by atoms with E-state index in [9.17, 15) is 0 Å². The largest absolute Gasteiger partial charge is 0.370 e. The molecule has 22 heavy (non-hydrogen) atoms. The van der Waals surface area contributed by atoms with Crippen molar-refractivity contribution in [3.63, 3.8) is 0 Å². The van der Waals surface area contributed by atoms with Crippen molar-refractivity contribution < 1.29 is 0 Å². The van der Waals surface area contributed by atoms with Crippen LogP contribution in [0, 0.1) is 0 Å². The minimum Gasteiger partial charge on any atom is -0.370 e. The van der Waals surface area contributed by atoms with E-state index < -0.39 is 0 Å². The number of hydrogen-bond acceptors (Lipinski definition) is 5. The van der Waals surface area contributed by atoms with Gasteiger partial charge in [-0.3, -0.25) is 4.99 Å². The minimum absolute atomic E-state index is 0. The maximum Gasteiger partial charge on any atom is 0.191 e. The van der Waals surface area contributed by atoms with Crippen molar-refractivity contribution in [2.75, 3.05) is 49.1 Å². The first kappa shape index (κ1) is 18.1. The van der Waals surface area contributed by atoms with Crippen LogP contribution in [0.2, 0.25) is 0 Å². The van der Waals surface area contributed by atoms with Crippen LogP contribution in [0.3, 0.4) is 0 Å². The van der Waals surface area contributed by atoms with E-state index in [1.807, 2.05) is 11.8 Å².